The second-order valence-electron chi connectivity index (χ2n) is 23.8. The molecule has 78 heavy (non-hydrogen) atoms. The summed E-state index contributed by atoms with van der Waals surface area (Å²) in [6.07, 6.45) is 83.0. The molecule has 0 spiro atoms. The zero-order valence-corrected chi connectivity index (χ0v) is 52.7. The van der Waals surface area contributed by atoms with Gasteiger partial charge in [-0.05, 0) is 57.8 Å². The van der Waals surface area contributed by atoms with Gasteiger partial charge in [0.25, 0.3) is 0 Å². The fourth-order valence-corrected chi connectivity index (χ4v) is 10.6. The lowest BCUT2D eigenvalue weighted by Gasteiger charge is -2.18. The number of allylic oxidation sites excluding steroid dienone is 6. The molecule has 0 amide bonds. The van der Waals surface area contributed by atoms with Crippen molar-refractivity contribution in [2.45, 2.75) is 393 Å². The monoisotopic (exact) mass is 1100 g/mol. The third-order valence-electron chi connectivity index (χ3n) is 15.9. The zero-order chi connectivity index (χ0) is 56.4. The lowest BCUT2D eigenvalue weighted by molar-refractivity contribution is -0.167. The van der Waals surface area contributed by atoms with E-state index in [4.69, 9.17) is 14.2 Å². The van der Waals surface area contributed by atoms with Gasteiger partial charge >= 0.3 is 17.9 Å². The molecule has 0 aromatic heterocycles. The third kappa shape index (κ3) is 64.5. The number of hydrogen-bond acceptors (Lipinski definition) is 6. The Bertz CT molecular complexity index is 1300. The lowest BCUT2D eigenvalue weighted by Crippen LogP contribution is -2.30. The normalized spacial score (nSPS) is 12.2. The molecular formula is C72H134O6. The highest BCUT2D eigenvalue weighted by Crippen LogP contribution is 2.18. The molecule has 0 saturated carbocycles. The molecule has 0 aliphatic carbocycles. The smallest absolute Gasteiger partial charge is 0.306 e. The van der Waals surface area contributed by atoms with Crippen molar-refractivity contribution in [1.29, 1.82) is 0 Å². The van der Waals surface area contributed by atoms with E-state index in [9.17, 15) is 14.4 Å². The van der Waals surface area contributed by atoms with Gasteiger partial charge in [-0.15, -0.1) is 0 Å². The number of carbonyl (C=O) groups is 3. The van der Waals surface area contributed by atoms with Crippen LogP contribution in [0.15, 0.2) is 36.5 Å². The van der Waals surface area contributed by atoms with Crippen molar-refractivity contribution in [3.63, 3.8) is 0 Å². The van der Waals surface area contributed by atoms with Crippen molar-refractivity contribution in [2.24, 2.45) is 0 Å². The highest BCUT2D eigenvalue weighted by Gasteiger charge is 2.19. The van der Waals surface area contributed by atoms with Gasteiger partial charge in [-0.3, -0.25) is 14.4 Å². The molecule has 0 aliphatic heterocycles. The fraction of sp³-hybridized carbons (Fsp3) is 0.875. The summed E-state index contributed by atoms with van der Waals surface area (Å²) in [5.74, 6) is -0.852. The van der Waals surface area contributed by atoms with Gasteiger partial charge in [0.1, 0.15) is 13.2 Å². The van der Waals surface area contributed by atoms with E-state index in [0.29, 0.717) is 19.3 Å². The van der Waals surface area contributed by atoms with Crippen molar-refractivity contribution < 1.29 is 28.6 Å². The zero-order valence-electron chi connectivity index (χ0n) is 52.7. The molecule has 0 N–H and O–H groups in total. The minimum absolute atomic E-state index is 0.0704. The van der Waals surface area contributed by atoms with Crippen LogP contribution in [0.5, 0.6) is 0 Å². The summed E-state index contributed by atoms with van der Waals surface area (Å²) < 4.78 is 17.0. The second-order valence-corrected chi connectivity index (χ2v) is 23.8. The Hall–Kier alpha value is -2.37. The predicted molar refractivity (Wildman–Crippen MR) is 339 cm³/mol. The van der Waals surface area contributed by atoms with Crippen molar-refractivity contribution >= 4 is 17.9 Å². The van der Waals surface area contributed by atoms with E-state index in [0.717, 1.165) is 77.0 Å². The molecular weight excluding hydrogens is 961 g/mol. The first-order valence-electron chi connectivity index (χ1n) is 35.0. The minimum Gasteiger partial charge on any atom is -0.462 e. The Morgan fingerprint density at radius 2 is 0.462 bits per heavy atom. The average Bonchev–Trinajstić information content (AvgIpc) is 3.44. The molecule has 0 radical (unpaired) electrons. The van der Waals surface area contributed by atoms with Gasteiger partial charge in [0.2, 0.25) is 0 Å². The van der Waals surface area contributed by atoms with Gasteiger partial charge in [0.05, 0.1) is 0 Å². The second kappa shape index (κ2) is 67.1. The Kier molecular flexibility index (Phi) is 65.1. The average molecular weight is 1100 g/mol. The highest BCUT2D eigenvalue weighted by atomic mass is 16.6. The van der Waals surface area contributed by atoms with Crippen molar-refractivity contribution in [1.82, 2.24) is 0 Å². The summed E-state index contributed by atoms with van der Waals surface area (Å²) >= 11 is 0. The van der Waals surface area contributed by atoms with E-state index in [-0.39, 0.29) is 31.1 Å². The molecule has 458 valence electrons. The van der Waals surface area contributed by atoms with Crippen LogP contribution in [-0.4, -0.2) is 37.2 Å². The summed E-state index contributed by atoms with van der Waals surface area (Å²) in [4.78, 5) is 38.5. The molecule has 0 fully saturated rings. The number of hydrogen-bond donors (Lipinski definition) is 0. The first kappa shape index (κ1) is 75.6. The van der Waals surface area contributed by atoms with Gasteiger partial charge in [0.15, 0.2) is 6.10 Å². The third-order valence-corrected chi connectivity index (χ3v) is 15.9. The summed E-state index contributed by atoms with van der Waals surface area (Å²) in [6, 6.07) is 0. The fourth-order valence-electron chi connectivity index (χ4n) is 10.6. The summed E-state index contributed by atoms with van der Waals surface area (Å²) in [7, 11) is 0. The summed E-state index contributed by atoms with van der Waals surface area (Å²) in [5, 5.41) is 0. The van der Waals surface area contributed by atoms with E-state index in [1.165, 1.54) is 270 Å². The largest absolute Gasteiger partial charge is 0.462 e. The van der Waals surface area contributed by atoms with Crippen LogP contribution in [0.2, 0.25) is 0 Å². The van der Waals surface area contributed by atoms with E-state index in [1.54, 1.807) is 0 Å². The molecule has 1 atom stereocenters. The first-order chi connectivity index (χ1) is 38.5. The van der Waals surface area contributed by atoms with Crippen LogP contribution in [0.3, 0.4) is 0 Å². The predicted octanol–water partition coefficient (Wildman–Crippen LogP) is 23.9. The quantitative estimate of drug-likeness (QED) is 0.0261. The number of unbranched alkanes of at least 4 members (excludes halogenated alkanes) is 48. The van der Waals surface area contributed by atoms with Gasteiger partial charge in [-0.1, -0.05) is 346 Å². The van der Waals surface area contributed by atoms with Crippen LogP contribution in [-0.2, 0) is 28.6 Å². The van der Waals surface area contributed by atoms with Crippen LogP contribution in [0.1, 0.15) is 387 Å². The maximum absolute atomic E-state index is 13.0. The topological polar surface area (TPSA) is 78.9 Å². The maximum Gasteiger partial charge on any atom is 0.306 e. The van der Waals surface area contributed by atoms with E-state index >= 15 is 0 Å². The van der Waals surface area contributed by atoms with Crippen LogP contribution in [0, 0.1) is 0 Å². The lowest BCUT2D eigenvalue weighted by atomic mass is 10.0. The Balaban J connectivity index is 4.34. The number of ether oxygens (including phenoxy) is 3. The van der Waals surface area contributed by atoms with Crippen LogP contribution >= 0.6 is 0 Å². The van der Waals surface area contributed by atoms with E-state index < -0.39 is 6.10 Å². The van der Waals surface area contributed by atoms with Gasteiger partial charge in [-0.25, -0.2) is 0 Å². The molecule has 0 bridgehead atoms. The van der Waals surface area contributed by atoms with Crippen molar-refractivity contribution in [3.05, 3.63) is 36.5 Å². The standard InChI is InChI=1S/C72H134O6/c1-4-7-10-13-16-19-22-25-28-31-34-36-39-41-44-47-50-53-56-59-62-65-71(74)77-68-69(67-76-70(73)64-61-58-55-52-49-46-43-40-37-33-30-27-24-21-18-15-12-9-6-3)78-72(75)66-63-60-57-54-51-48-45-42-38-35-32-29-26-23-20-17-14-11-8-5-2/h22,25,31,34,39,41,69H,4-21,23-24,26-30,32-33,35-38,40,42-68H2,1-3H3/b25-22-,34-31-,41-39-. The number of carbonyl (C=O) groups excluding carboxylic acids is 3. The molecule has 0 aliphatic rings. The highest BCUT2D eigenvalue weighted by molar-refractivity contribution is 5.71. The summed E-state index contributed by atoms with van der Waals surface area (Å²) in [5.41, 5.74) is 0. The Morgan fingerprint density at radius 3 is 0.718 bits per heavy atom. The molecule has 6 heteroatoms. The molecule has 0 saturated heterocycles. The molecule has 0 aromatic carbocycles. The summed E-state index contributed by atoms with van der Waals surface area (Å²) in [6.45, 7) is 6.70. The van der Waals surface area contributed by atoms with Crippen molar-refractivity contribution in [2.75, 3.05) is 13.2 Å². The first-order valence-corrected chi connectivity index (χ1v) is 35.0. The number of esters is 3. The molecule has 6 nitrogen and oxygen atoms in total. The van der Waals surface area contributed by atoms with E-state index in [2.05, 4.69) is 57.2 Å². The maximum atomic E-state index is 13.0. The van der Waals surface area contributed by atoms with Crippen LogP contribution in [0.25, 0.3) is 0 Å². The SMILES string of the molecule is CCCCCCC/C=C\C/C=C\C/C=C\CCCCCCCCC(=O)OCC(COC(=O)CCCCCCCCCCCCCCCCCCCCC)OC(=O)CCCCCCCCCCCCCCCCCCCCCC. The van der Waals surface area contributed by atoms with Gasteiger partial charge < -0.3 is 14.2 Å². The minimum atomic E-state index is -0.775. The molecule has 1 unspecified atom stereocenters. The molecule has 0 heterocycles. The Labute approximate surface area is 486 Å². The van der Waals surface area contributed by atoms with Gasteiger partial charge in [-0.2, -0.15) is 0 Å². The van der Waals surface area contributed by atoms with Crippen LogP contribution < -0.4 is 0 Å². The van der Waals surface area contributed by atoms with Crippen molar-refractivity contribution in [3.8, 4) is 0 Å². The number of rotatable bonds is 65. The molecule has 0 aromatic rings. The van der Waals surface area contributed by atoms with Gasteiger partial charge in [0, 0.05) is 19.3 Å². The Morgan fingerprint density at radius 1 is 0.256 bits per heavy atom. The van der Waals surface area contributed by atoms with E-state index in [1.807, 2.05) is 0 Å². The van der Waals surface area contributed by atoms with Crippen LogP contribution in [0.4, 0.5) is 0 Å². The molecule has 0 rings (SSSR count).